The second-order valence-corrected chi connectivity index (χ2v) is 5.80. The Hall–Kier alpha value is -2.77. The maximum absolute atomic E-state index is 5.95. The number of hydrogen-bond acceptors (Lipinski definition) is 5. The number of nitrogens with one attached hydrogen (secondary N) is 2. The maximum atomic E-state index is 5.95. The number of aryl methyl sites for hydroxylation is 1. The highest BCUT2D eigenvalue weighted by Crippen LogP contribution is 2.30. The van der Waals surface area contributed by atoms with Gasteiger partial charge in [0.15, 0.2) is 23.3 Å². The van der Waals surface area contributed by atoms with Gasteiger partial charge in [0.2, 0.25) is 0 Å². The van der Waals surface area contributed by atoms with Crippen LogP contribution in [0.1, 0.15) is 18.6 Å². The van der Waals surface area contributed by atoms with Crippen molar-refractivity contribution in [1.82, 2.24) is 25.4 Å². The Labute approximate surface area is 147 Å². The maximum Gasteiger partial charge on any atom is 0.191 e. The molecule has 2 N–H and O–H groups in total. The third-order valence-electron chi connectivity index (χ3n) is 3.97. The molecule has 1 unspecified atom stereocenters. The molecule has 2 heterocycles. The van der Waals surface area contributed by atoms with Gasteiger partial charge in [0.05, 0.1) is 6.54 Å². The minimum atomic E-state index is -0.0733. The van der Waals surface area contributed by atoms with Gasteiger partial charge in [-0.3, -0.25) is 0 Å². The van der Waals surface area contributed by atoms with Crippen LogP contribution in [0.3, 0.4) is 0 Å². The van der Waals surface area contributed by atoms with Gasteiger partial charge in [-0.2, -0.15) is 0 Å². The normalized spacial score (nSPS) is 16.6. The number of benzene rings is 1. The minimum Gasteiger partial charge on any atom is -0.486 e. The zero-order valence-corrected chi connectivity index (χ0v) is 14.8. The van der Waals surface area contributed by atoms with E-state index in [9.17, 15) is 0 Å². The summed E-state index contributed by atoms with van der Waals surface area (Å²) in [6.45, 7) is 6.28. The lowest BCUT2D eigenvalue weighted by atomic mass is 10.2. The highest BCUT2D eigenvalue weighted by atomic mass is 16.6. The van der Waals surface area contributed by atoms with Crippen molar-refractivity contribution in [2.75, 3.05) is 19.7 Å². The molecule has 1 atom stereocenters. The smallest absolute Gasteiger partial charge is 0.191 e. The topological polar surface area (TPSA) is 85.6 Å². The molecule has 8 nitrogen and oxygen atoms in total. The van der Waals surface area contributed by atoms with E-state index in [-0.39, 0.29) is 6.10 Å². The summed E-state index contributed by atoms with van der Waals surface area (Å²) in [5.74, 6) is 3.97. The summed E-state index contributed by atoms with van der Waals surface area (Å²) in [6, 6.07) is 7.70. The summed E-state index contributed by atoms with van der Waals surface area (Å²) in [5, 5.41) is 14.7. The number of guanidine groups is 1. The van der Waals surface area contributed by atoms with Crippen molar-refractivity contribution in [1.29, 1.82) is 0 Å². The monoisotopic (exact) mass is 344 g/mol. The van der Waals surface area contributed by atoms with Gasteiger partial charge in [0.25, 0.3) is 0 Å². The van der Waals surface area contributed by atoms with Crippen LogP contribution in [0.5, 0.6) is 11.5 Å². The Morgan fingerprint density at radius 2 is 2.08 bits per heavy atom. The number of aromatic nitrogens is 3. The fourth-order valence-corrected chi connectivity index (χ4v) is 2.45. The van der Waals surface area contributed by atoms with Gasteiger partial charge in [0.1, 0.15) is 25.1 Å². The van der Waals surface area contributed by atoms with Crippen LogP contribution in [0, 0.1) is 6.92 Å². The number of nitrogens with zero attached hydrogens (tertiary/aromatic N) is 4. The van der Waals surface area contributed by atoms with E-state index in [0.29, 0.717) is 25.7 Å². The molecule has 0 spiro atoms. The van der Waals surface area contributed by atoms with Crippen LogP contribution in [0.2, 0.25) is 0 Å². The van der Waals surface area contributed by atoms with Crippen molar-refractivity contribution in [3.05, 3.63) is 35.9 Å². The molecule has 2 aromatic rings. The van der Waals surface area contributed by atoms with E-state index < -0.39 is 0 Å². The van der Waals surface area contributed by atoms with Gasteiger partial charge in [-0.15, -0.1) is 10.2 Å². The molecule has 25 heavy (non-hydrogen) atoms. The number of ether oxygens (including phenoxy) is 2. The number of fused-ring (bicyclic) bond motifs is 1. The molecule has 0 fully saturated rings. The van der Waals surface area contributed by atoms with Crippen molar-refractivity contribution in [3.63, 3.8) is 0 Å². The Balaban J connectivity index is 1.57. The highest BCUT2D eigenvalue weighted by Gasteiger charge is 2.20. The number of aliphatic imine (C=N–C) groups is 1. The first-order chi connectivity index (χ1) is 12.2. The first-order valence-corrected chi connectivity index (χ1v) is 8.43. The molecule has 1 aliphatic heterocycles. The molecule has 0 bridgehead atoms. The number of para-hydroxylation sites is 2. The van der Waals surface area contributed by atoms with Crippen LogP contribution in [0.4, 0.5) is 0 Å². The Kier molecular flexibility index (Phi) is 5.37. The molecule has 0 saturated heterocycles. The second-order valence-electron chi connectivity index (χ2n) is 5.80. The third-order valence-corrected chi connectivity index (χ3v) is 3.97. The predicted molar refractivity (Wildman–Crippen MR) is 94.9 cm³/mol. The summed E-state index contributed by atoms with van der Waals surface area (Å²) in [4.78, 5) is 4.56. The van der Waals surface area contributed by atoms with Crippen LogP contribution in [0.25, 0.3) is 0 Å². The fourth-order valence-electron chi connectivity index (χ4n) is 2.45. The fraction of sp³-hybridized carbons (Fsp3) is 0.471. The Morgan fingerprint density at radius 3 is 2.80 bits per heavy atom. The molecular weight excluding hydrogens is 320 g/mol. The lowest BCUT2D eigenvalue weighted by Crippen LogP contribution is -2.45. The second kappa shape index (κ2) is 7.87. The van der Waals surface area contributed by atoms with Gasteiger partial charge in [-0.1, -0.05) is 12.1 Å². The molecule has 0 amide bonds. The molecular formula is C17H24N6O2. The molecule has 1 aliphatic rings. The molecule has 134 valence electrons. The largest absolute Gasteiger partial charge is 0.486 e. The Bertz CT molecular complexity index is 742. The summed E-state index contributed by atoms with van der Waals surface area (Å²) >= 11 is 0. The van der Waals surface area contributed by atoms with Crippen molar-refractivity contribution in [3.8, 4) is 11.5 Å². The van der Waals surface area contributed by atoms with Crippen LogP contribution in [0.15, 0.2) is 29.3 Å². The minimum absolute atomic E-state index is 0.0733. The molecule has 0 saturated carbocycles. The lowest BCUT2D eigenvalue weighted by molar-refractivity contribution is 0.0936. The van der Waals surface area contributed by atoms with E-state index in [1.54, 1.807) is 0 Å². The van der Waals surface area contributed by atoms with Gasteiger partial charge >= 0.3 is 0 Å². The first-order valence-electron chi connectivity index (χ1n) is 8.43. The zero-order chi connectivity index (χ0) is 17.6. The molecule has 1 aromatic heterocycles. The van der Waals surface area contributed by atoms with Gasteiger partial charge in [-0.25, -0.2) is 4.99 Å². The summed E-state index contributed by atoms with van der Waals surface area (Å²) < 4.78 is 13.6. The van der Waals surface area contributed by atoms with Crippen molar-refractivity contribution in [2.45, 2.75) is 26.5 Å². The highest BCUT2D eigenvalue weighted by molar-refractivity contribution is 5.79. The SMILES string of the molecule is CCNC(=NCc1nnc(C)n1C)NCC1COc2ccccc2O1. The van der Waals surface area contributed by atoms with Crippen LogP contribution in [-0.4, -0.2) is 46.5 Å². The van der Waals surface area contributed by atoms with Crippen LogP contribution in [-0.2, 0) is 13.6 Å². The van der Waals surface area contributed by atoms with E-state index in [2.05, 4.69) is 25.8 Å². The zero-order valence-electron chi connectivity index (χ0n) is 14.8. The molecule has 0 aliphatic carbocycles. The van der Waals surface area contributed by atoms with Crippen molar-refractivity contribution >= 4 is 5.96 Å². The molecule has 0 radical (unpaired) electrons. The average Bonchev–Trinajstić information content (AvgIpc) is 2.96. The van der Waals surface area contributed by atoms with Crippen LogP contribution < -0.4 is 20.1 Å². The van der Waals surface area contributed by atoms with Gasteiger partial charge in [-0.05, 0) is 26.0 Å². The van der Waals surface area contributed by atoms with Crippen molar-refractivity contribution < 1.29 is 9.47 Å². The van der Waals surface area contributed by atoms with Gasteiger partial charge < -0.3 is 24.7 Å². The summed E-state index contributed by atoms with van der Waals surface area (Å²) in [5.41, 5.74) is 0. The first kappa shape index (κ1) is 17.1. The molecule has 1 aromatic carbocycles. The van der Waals surface area contributed by atoms with E-state index in [1.165, 1.54) is 0 Å². The van der Waals surface area contributed by atoms with E-state index in [1.807, 2.05) is 49.7 Å². The predicted octanol–water partition coefficient (Wildman–Crippen LogP) is 1.02. The lowest BCUT2D eigenvalue weighted by Gasteiger charge is -2.27. The number of rotatable bonds is 5. The standard InChI is InChI=1S/C17H24N6O2/c1-4-18-17(20-10-16-22-21-12(2)23(16)3)19-9-13-11-24-14-7-5-6-8-15(14)25-13/h5-8,13H,4,9-11H2,1-3H3,(H2,18,19,20). The third kappa shape index (κ3) is 4.20. The number of hydrogen-bond donors (Lipinski definition) is 2. The molecule has 3 rings (SSSR count). The van der Waals surface area contributed by atoms with E-state index >= 15 is 0 Å². The van der Waals surface area contributed by atoms with E-state index in [4.69, 9.17) is 9.47 Å². The van der Waals surface area contributed by atoms with Crippen LogP contribution >= 0.6 is 0 Å². The summed E-state index contributed by atoms with van der Waals surface area (Å²) in [6.07, 6.45) is -0.0733. The van der Waals surface area contributed by atoms with Crippen molar-refractivity contribution in [2.24, 2.45) is 12.0 Å². The Morgan fingerprint density at radius 1 is 1.28 bits per heavy atom. The molecule has 8 heteroatoms. The summed E-state index contributed by atoms with van der Waals surface area (Å²) in [7, 11) is 1.94. The van der Waals surface area contributed by atoms with E-state index in [0.717, 1.165) is 29.7 Å². The quantitative estimate of drug-likeness (QED) is 0.622. The average molecular weight is 344 g/mol. The van der Waals surface area contributed by atoms with Gasteiger partial charge in [0, 0.05) is 13.6 Å².